The number of carbonyl (C=O) groups is 1. The first-order valence-corrected chi connectivity index (χ1v) is 4.46. The van der Waals surface area contributed by atoms with Crippen LogP contribution in [0.15, 0.2) is 35.3 Å². The second-order valence-electron chi connectivity index (χ2n) is 2.91. The lowest BCUT2D eigenvalue weighted by molar-refractivity contribution is -0.119. The van der Waals surface area contributed by atoms with E-state index in [-0.39, 0.29) is 5.92 Å². The first kappa shape index (κ1) is 10.4. The van der Waals surface area contributed by atoms with E-state index in [1.165, 1.54) is 6.08 Å². The van der Waals surface area contributed by atoms with Crippen LogP contribution in [0, 0.1) is 0 Å². The van der Waals surface area contributed by atoms with Gasteiger partial charge in [-0.3, -0.25) is 4.79 Å². The van der Waals surface area contributed by atoms with Gasteiger partial charge in [0.1, 0.15) is 0 Å². The van der Waals surface area contributed by atoms with Crippen molar-refractivity contribution >= 4 is 12.0 Å². The molecule has 1 rings (SSSR count). The van der Waals surface area contributed by atoms with Gasteiger partial charge in [-0.05, 0) is 12.0 Å². The molecular weight excluding hydrogens is 178 g/mol. The first-order valence-electron chi connectivity index (χ1n) is 4.46. The van der Waals surface area contributed by atoms with Gasteiger partial charge in [0.05, 0.1) is 5.92 Å². The Labute approximate surface area is 82.5 Å². The first-order chi connectivity index (χ1) is 6.79. The molecule has 0 saturated carbocycles. The van der Waals surface area contributed by atoms with Crippen molar-refractivity contribution < 1.29 is 9.59 Å². The Kier molecular flexibility index (Phi) is 3.77. The van der Waals surface area contributed by atoms with Crippen molar-refractivity contribution in [2.24, 2.45) is 4.99 Å². The highest BCUT2D eigenvalue weighted by Gasteiger charge is 2.17. The molecule has 1 unspecified atom stereocenters. The maximum absolute atomic E-state index is 11.3. The lowest BCUT2D eigenvalue weighted by Gasteiger charge is -2.09. The van der Waals surface area contributed by atoms with E-state index in [0.717, 1.165) is 5.56 Å². The Morgan fingerprint density at radius 1 is 1.43 bits per heavy atom. The van der Waals surface area contributed by atoms with E-state index >= 15 is 0 Å². The number of aliphatic imine (C=N–C) groups is 1. The van der Waals surface area contributed by atoms with Crippen molar-refractivity contribution in [3.63, 3.8) is 0 Å². The molecule has 72 valence electrons. The monoisotopic (exact) mass is 189 g/mol. The predicted octanol–water partition coefficient (Wildman–Crippen LogP) is 2.04. The van der Waals surface area contributed by atoms with Crippen LogP contribution in [0.3, 0.4) is 0 Å². The highest BCUT2D eigenvalue weighted by atomic mass is 16.2. The molecule has 0 aromatic heterocycles. The number of nitrogens with zero attached hydrogens (tertiary/aromatic N) is 1. The molecule has 0 aliphatic heterocycles. The van der Waals surface area contributed by atoms with Crippen molar-refractivity contribution in [2.75, 3.05) is 0 Å². The topological polar surface area (TPSA) is 46.5 Å². The molecule has 3 nitrogen and oxygen atoms in total. The zero-order valence-corrected chi connectivity index (χ0v) is 7.93. The van der Waals surface area contributed by atoms with Gasteiger partial charge in [-0.15, -0.1) is 4.99 Å². The quantitative estimate of drug-likeness (QED) is 0.539. The van der Waals surface area contributed by atoms with E-state index in [1.807, 2.05) is 37.3 Å². The molecule has 0 spiro atoms. The van der Waals surface area contributed by atoms with Gasteiger partial charge in [0.25, 0.3) is 5.91 Å². The summed E-state index contributed by atoms with van der Waals surface area (Å²) in [7, 11) is 0. The largest absolute Gasteiger partial charge is 0.271 e. The van der Waals surface area contributed by atoms with Crippen LogP contribution in [0.5, 0.6) is 0 Å². The number of carbonyl (C=O) groups excluding carboxylic acids is 2. The summed E-state index contributed by atoms with van der Waals surface area (Å²) in [5, 5.41) is 0. The van der Waals surface area contributed by atoms with Crippen LogP contribution < -0.4 is 0 Å². The lowest BCUT2D eigenvalue weighted by atomic mass is 9.96. The minimum Gasteiger partial charge on any atom is -0.271 e. The van der Waals surface area contributed by atoms with Crippen LogP contribution >= 0.6 is 0 Å². The Bertz CT molecular complexity index is 353. The Hall–Kier alpha value is -1.73. The number of isocyanates is 1. The van der Waals surface area contributed by atoms with Crippen LogP contribution in [0.4, 0.5) is 0 Å². The average molecular weight is 189 g/mol. The van der Waals surface area contributed by atoms with Crippen molar-refractivity contribution in [1.29, 1.82) is 0 Å². The summed E-state index contributed by atoms with van der Waals surface area (Å²) < 4.78 is 0. The molecule has 0 radical (unpaired) electrons. The van der Waals surface area contributed by atoms with Crippen molar-refractivity contribution in [3.05, 3.63) is 35.9 Å². The maximum Gasteiger partial charge on any atom is 0.263 e. The highest BCUT2D eigenvalue weighted by molar-refractivity contribution is 5.87. The van der Waals surface area contributed by atoms with Crippen LogP contribution in [0.25, 0.3) is 0 Å². The summed E-state index contributed by atoms with van der Waals surface area (Å²) in [5.41, 5.74) is 0.888. The molecule has 3 heteroatoms. The van der Waals surface area contributed by atoms with Crippen LogP contribution in [-0.2, 0) is 9.59 Å². The fourth-order valence-electron chi connectivity index (χ4n) is 1.36. The second-order valence-corrected chi connectivity index (χ2v) is 2.91. The predicted molar refractivity (Wildman–Crippen MR) is 52.6 cm³/mol. The minimum atomic E-state index is -0.422. The van der Waals surface area contributed by atoms with Gasteiger partial charge < -0.3 is 0 Å². The number of benzene rings is 1. The third-order valence-electron chi connectivity index (χ3n) is 2.06. The Morgan fingerprint density at radius 3 is 2.57 bits per heavy atom. The van der Waals surface area contributed by atoms with Crippen LogP contribution in [0.1, 0.15) is 24.8 Å². The van der Waals surface area contributed by atoms with Gasteiger partial charge >= 0.3 is 0 Å². The summed E-state index contributed by atoms with van der Waals surface area (Å²) in [5.74, 6) is -0.744. The van der Waals surface area contributed by atoms with Crippen molar-refractivity contribution in [3.8, 4) is 0 Å². The van der Waals surface area contributed by atoms with E-state index in [0.29, 0.717) is 6.42 Å². The molecule has 0 bridgehead atoms. The van der Waals surface area contributed by atoms with Crippen LogP contribution in [0.2, 0.25) is 0 Å². The fraction of sp³-hybridized carbons (Fsp3) is 0.273. The third kappa shape index (κ3) is 2.38. The van der Waals surface area contributed by atoms with Gasteiger partial charge in [-0.1, -0.05) is 37.3 Å². The summed E-state index contributed by atoms with van der Waals surface area (Å²) >= 11 is 0. The molecule has 1 aromatic carbocycles. The highest BCUT2D eigenvalue weighted by Crippen LogP contribution is 2.20. The maximum atomic E-state index is 11.3. The van der Waals surface area contributed by atoms with Crippen molar-refractivity contribution in [2.45, 2.75) is 19.3 Å². The SMILES string of the molecule is CCC(C(=O)N=C=O)c1ccccc1. The molecule has 0 fully saturated rings. The molecular formula is C11H11NO2. The molecule has 0 aliphatic carbocycles. The summed E-state index contributed by atoms with van der Waals surface area (Å²) in [4.78, 5) is 24.4. The molecule has 1 atom stereocenters. The number of amides is 1. The molecule has 1 amide bonds. The summed E-state index contributed by atoms with van der Waals surface area (Å²) in [6.07, 6.45) is 1.91. The molecule has 14 heavy (non-hydrogen) atoms. The zero-order chi connectivity index (χ0) is 10.4. The summed E-state index contributed by atoms with van der Waals surface area (Å²) in [6, 6.07) is 9.30. The lowest BCUT2D eigenvalue weighted by Crippen LogP contribution is -2.08. The normalized spacial score (nSPS) is 11.5. The van der Waals surface area contributed by atoms with Gasteiger partial charge in [0.2, 0.25) is 6.08 Å². The average Bonchev–Trinajstić information content (AvgIpc) is 2.21. The van der Waals surface area contributed by atoms with E-state index in [2.05, 4.69) is 4.99 Å². The molecule has 1 aromatic rings. The molecule has 0 N–H and O–H groups in total. The minimum absolute atomic E-state index is 0.322. The van der Waals surface area contributed by atoms with Gasteiger partial charge in [0.15, 0.2) is 0 Å². The Morgan fingerprint density at radius 2 is 2.07 bits per heavy atom. The second kappa shape index (κ2) is 5.10. The smallest absolute Gasteiger partial charge is 0.263 e. The van der Waals surface area contributed by atoms with Gasteiger partial charge in [-0.2, -0.15) is 0 Å². The number of hydrogen-bond acceptors (Lipinski definition) is 2. The number of rotatable bonds is 3. The van der Waals surface area contributed by atoms with Crippen LogP contribution in [-0.4, -0.2) is 12.0 Å². The molecule has 0 aliphatic rings. The third-order valence-corrected chi connectivity index (χ3v) is 2.06. The summed E-state index contributed by atoms with van der Waals surface area (Å²) in [6.45, 7) is 1.88. The molecule has 0 saturated heterocycles. The van der Waals surface area contributed by atoms with E-state index in [9.17, 15) is 9.59 Å². The molecule has 0 heterocycles. The zero-order valence-electron chi connectivity index (χ0n) is 7.93. The standard InChI is InChI=1S/C11H11NO2/c1-2-10(11(14)12-8-13)9-6-4-3-5-7-9/h3-7,10H,2H2,1H3. The van der Waals surface area contributed by atoms with E-state index in [1.54, 1.807) is 0 Å². The Balaban J connectivity index is 2.93. The van der Waals surface area contributed by atoms with Gasteiger partial charge in [-0.25, -0.2) is 4.79 Å². The number of hydrogen-bond donors (Lipinski definition) is 0. The van der Waals surface area contributed by atoms with Crippen molar-refractivity contribution in [1.82, 2.24) is 0 Å². The van der Waals surface area contributed by atoms with Gasteiger partial charge in [0, 0.05) is 0 Å². The fourth-order valence-corrected chi connectivity index (χ4v) is 1.36. The van der Waals surface area contributed by atoms with E-state index < -0.39 is 5.91 Å². The van der Waals surface area contributed by atoms with E-state index in [4.69, 9.17) is 0 Å².